The van der Waals surface area contributed by atoms with Gasteiger partial charge in [0.1, 0.15) is 5.82 Å². The molecule has 0 aliphatic carbocycles. The normalized spacial score (nSPS) is 15.0. The van der Waals surface area contributed by atoms with Gasteiger partial charge >= 0.3 is 6.01 Å². The lowest BCUT2D eigenvalue weighted by Crippen LogP contribution is -2.36. The van der Waals surface area contributed by atoms with Crippen molar-refractivity contribution in [3.8, 4) is 6.01 Å². The predicted molar refractivity (Wildman–Crippen MR) is 94.2 cm³/mol. The molecule has 2 aromatic rings. The van der Waals surface area contributed by atoms with Crippen LogP contribution in [0.2, 0.25) is 0 Å². The Bertz CT molecular complexity index is 687. The van der Waals surface area contributed by atoms with Crippen LogP contribution in [-0.4, -0.2) is 41.1 Å². The molecule has 2 aromatic heterocycles. The van der Waals surface area contributed by atoms with Crippen LogP contribution >= 0.6 is 0 Å². The minimum Gasteiger partial charge on any atom is -0.467 e. The van der Waals surface area contributed by atoms with Crippen LogP contribution in [0, 0.1) is 5.92 Å². The fraction of sp³-hybridized carbons (Fsp3) is 0.444. The molecule has 1 N–H and O–H groups in total. The maximum Gasteiger partial charge on any atom is 0.318 e. The SMILES string of the molecule is COc1nccc(N2CCC(CC(=O)NCc3cccnc3)CC2)n1. The summed E-state index contributed by atoms with van der Waals surface area (Å²) in [5.41, 5.74) is 1.02. The number of nitrogens with zero attached hydrogens (tertiary/aromatic N) is 4. The molecule has 0 atom stereocenters. The van der Waals surface area contributed by atoms with Gasteiger partial charge in [0.25, 0.3) is 0 Å². The Morgan fingerprint density at radius 3 is 2.88 bits per heavy atom. The number of hydrogen-bond acceptors (Lipinski definition) is 6. The maximum absolute atomic E-state index is 12.1. The van der Waals surface area contributed by atoms with Crippen molar-refractivity contribution in [3.63, 3.8) is 0 Å². The molecule has 1 aliphatic heterocycles. The number of amides is 1. The van der Waals surface area contributed by atoms with Crippen molar-refractivity contribution in [1.29, 1.82) is 0 Å². The summed E-state index contributed by atoms with van der Waals surface area (Å²) in [7, 11) is 1.56. The van der Waals surface area contributed by atoms with Crippen LogP contribution in [0.25, 0.3) is 0 Å². The van der Waals surface area contributed by atoms with Crippen LogP contribution in [0.1, 0.15) is 24.8 Å². The number of hydrogen-bond donors (Lipinski definition) is 1. The van der Waals surface area contributed by atoms with Gasteiger partial charge < -0.3 is 15.0 Å². The van der Waals surface area contributed by atoms with Gasteiger partial charge in [-0.1, -0.05) is 6.07 Å². The first-order chi connectivity index (χ1) is 12.2. The van der Waals surface area contributed by atoms with Gasteiger partial charge in [-0.25, -0.2) is 4.98 Å². The van der Waals surface area contributed by atoms with Gasteiger partial charge in [0.15, 0.2) is 0 Å². The molecule has 3 rings (SSSR count). The molecular formula is C18H23N5O2. The smallest absolute Gasteiger partial charge is 0.318 e. The summed E-state index contributed by atoms with van der Waals surface area (Å²) >= 11 is 0. The Labute approximate surface area is 147 Å². The van der Waals surface area contributed by atoms with Crippen LogP contribution < -0.4 is 15.0 Å². The lowest BCUT2D eigenvalue weighted by Gasteiger charge is -2.32. The monoisotopic (exact) mass is 341 g/mol. The molecule has 0 unspecified atom stereocenters. The maximum atomic E-state index is 12.1. The second-order valence-electron chi connectivity index (χ2n) is 6.17. The number of anilines is 1. The second kappa shape index (κ2) is 8.41. The molecule has 0 radical (unpaired) electrons. The summed E-state index contributed by atoms with van der Waals surface area (Å²) in [5.74, 6) is 1.39. The van der Waals surface area contributed by atoms with Gasteiger partial charge in [-0.05, 0) is 36.5 Å². The fourth-order valence-electron chi connectivity index (χ4n) is 3.01. The molecule has 25 heavy (non-hydrogen) atoms. The number of pyridine rings is 1. The average molecular weight is 341 g/mol. The minimum atomic E-state index is 0.103. The first kappa shape index (κ1) is 17.1. The van der Waals surface area contributed by atoms with E-state index < -0.39 is 0 Å². The number of rotatable bonds is 6. The van der Waals surface area contributed by atoms with E-state index in [4.69, 9.17) is 4.74 Å². The Balaban J connectivity index is 1.43. The lowest BCUT2D eigenvalue weighted by molar-refractivity contribution is -0.122. The molecular weight excluding hydrogens is 318 g/mol. The number of nitrogens with one attached hydrogen (secondary N) is 1. The number of methoxy groups -OCH3 is 1. The highest BCUT2D eigenvalue weighted by molar-refractivity contribution is 5.76. The highest BCUT2D eigenvalue weighted by atomic mass is 16.5. The van der Waals surface area contributed by atoms with Crippen LogP contribution in [0.5, 0.6) is 6.01 Å². The standard InChI is InChI=1S/C18H23N5O2/c1-25-18-20-8-4-16(22-18)23-9-5-14(6-10-23)11-17(24)21-13-15-3-2-7-19-12-15/h2-4,7-8,12,14H,5-6,9-11,13H2,1H3,(H,21,24). The number of aromatic nitrogens is 3. The number of piperidine rings is 1. The summed E-state index contributed by atoms with van der Waals surface area (Å²) in [4.78, 5) is 26.8. The van der Waals surface area contributed by atoms with E-state index in [2.05, 4.69) is 25.2 Å². The number of ether oxygens (including phenoxy) is 1. The predicted octanol–water partition coefficient (Wildman–Crippen LogP) is 1.80. The molecule has 0 aromatic carbocycles. The first-order valence-electron chi connectivity index (χ1n) is 8.52. The van der Waals surface area contributed by atoms with E-state index >= 15 is 0 Å². The van der Waals surface area contributed by atoms with Crippen molar-refractivity contribution in [2.75, 3.05) is 25.1 Å². The van der Waals surface area contributed by atoms with Gasteiger partial charge in [-0.15, -0.1) is 0 Å². The van der Waals surface area contributed by atoms with E-state index in [1.54, 1.807) is 25.7 Å². The van der Waals surface area contributed by atoms with Gasteiger partial charge in [0.05, 0.1) is 7.11 Å². The summed E-state index contributed by atoms with van der Waals surface area (Å²) in [5, 5.41) is 2.97. The third-order valence-corrected chi connectivity index (χ3v) is 4.43. The zero-order chi connectivity index (χ0) is 17.5. The van der Waals surface area contributed by atoms with E-state index in [-0.39, 0.29) is 5.91 Å². The van der Waals surface area contributed by atoms with Crippen molar-refractivity contribution in [2.24, 2.45) is 5.92 Å². The molecule has 0 spiro atoms. The average Bonchev–Trinajstić information content (AvgIpc) is 2.68. The second-order valence-corrected chi connectivity index (χ2v) is 6.17. The van der Waals surface area contributed by atoms with Gasteiger partial charge in [0, 0.05) is 44.6 Å². The minimum absolute atomic E-state index is 0.103. The van der Waals surface area contributed by atoms with Crippen LogP contribution in [0.4, 0.5) is 5.82 Å². The topological polar surface area (TPSA) is 80.2 Å². The Morgan fingerprint density at radius 2 is 2.16 bits per heavy atom. The highest BCUT2D eigenvalue weighted by Gasteiger charge is 2.22. The molecule has 7 heteroatoms. The Morgan fingerprint density at radius 1 is 1.32 bits per heavy atom. The third-order valence-electron chi connectivity index (χ3n) is 4.43. The van der Waals surface area contributed by atoms with Crippen molar-refractivity contribution >= 4 is 11.7 Å². The van der Waals surface area contributed by atoms with Crippen LogP contribution in [0.15, 0.2) is 36.8 Å². The molecule has 132 valence electrons. The molecule has 1 amide bonds. The summed E-state index contributed by atoms with van der Waals surface area (Å²) in [6.45, 7) is 2.31. The molecule has 0 saturated carbocycles. The van der Waals surface area contributed by atoms with E-state index in [1.165, 1.54) is 0 Å². The van der Waals surface area contributed by atoms with Crippen LogP contribution in [-0.2, 0) is 11.3 Å². The van der Waals surface area contributed by atoms with E-state index in [1.807, 2.05) is 18.2 Å². The quantitative estimate of drug-likeness (QED) is 0.863. The van der Waals surface area contributed by atoms with Gasteiger partial charge in [-0.2, -0.15) is 4.98 Å². The first-order valence-corrected chi connectivity index (χ1v) is 8.52. The Kier molecular flexibility index (Phi) is 5.77. The largest absolute Gasteiger partial charge is 0.467 e. The van der Waals surface area contributed by atoms with Gasteiger partial charge in [0.2, 0.25) is 5.91 Å². The molecule has 1 aliphatic rings. The van der Waals surface area contributed by atoms with Crippen molar-refractivity contribution in [3.05, 3.63) is 42.4 Å². The number of carbonyl (C=O) groups excluding carboxylic acids is 1. The van der Waals surface area contributed by atoms with Crippen LogP contribution in [0.3, 0.4) is 0 Å². The third kappa shape index (κ3) is 4.89. The molecule has 7 nitrogen and oxygen atoms in total. The van der Waals surface area contributed by atoms with E-state index in [0.717, 1.165) is 37.3 Å². The number of carbonyl (C=O) groups is 1. The van der Waals surface area contributed by atoms with Crippen molar-refractivity contribution in [1.82, 2.24) is 20.3 Å². The zero-order valence-corrected chi connectivity index (χ0v) is 14.4. The summed E-state index contributed by atoms with van der Waals surface area (Å²) in [6, 6.07) is 6.11. The zero-order valence-electron chi connectivity index (χ0n) is 14.4. The molecule has 1 saturated heterocycles. The van der Waals surface area contributed by atoms with Gasteiger partial charge in [-0.3, -0.25) is 9.78 Å². The molecule has 3 heterocycles. The van der Waals surface area contributed by atoms with Crippen molar-refractivity contribution in [2.45, 2.75) is 25.8 Å². The van der Waals surface area contributed by atoms with E-state index in [9.17, 15) is 4.79 Å². The van der Waals surface area contributed by atoms with E-state index in [0.29, 0.717) is 24.9 Å². The fourth-order valence-corrected chi connectivity index (χ4v) is 3.01. The lowest BCUT2D eigenvalue weighted by atomic mass is 9.93. The highest BCUT2D eigenvalue weighted by Crippen LogP contribution is 2.24. The summed E-state index contributed by atoms with van der Waals surface area (Å²) in [6.07, 6.45) is 7.74. The summed E-state index contributed by atoms with van der Waals surface area (Å²) < 4.78 is 5.08. The Hall–Kier alpha value is -2.70. The molecule has 0 bridgehead atoms. The molecule has 1 fully saturated rings. The van der Waals surface area contributed by atoms with Crippen molar-refractivity contribution < 1.29 is 9.53 Å².